The number of ether oxygens (including phenoxy) is 1. The molecule has 3 nitrogen and oxygen atoms in total. The maximum atomic E-state index is 5.86. The van der Waals surface area contributed by atoms with Gasteiger partial charge < -0.3 is 10.5 Å². The van der Waals surface area contributed by atoms with Gasteiger partial charge in [0.1, 0.15) is 5.75 Å². The number of methoxy groups -OCH3 is 1. The van der Waals surface area contributed by atoms with E-state index in [2.05, 4.69) is 4.98 Å². The van der Waals surface area contributed by atoms with E-state index < -0.39 is 0 Å². The molecule has 0 aliphatic carbocycles. The highest BCUT2D eigenvalue weighted by Gasteiger charge is 2.03. The van der Waals surface area contributed by atoms with Gasteiger partial charge in [-0.2, -0.15) is 0 Å². The van der Waals surface area contributed by atoms with E-state index in [1.807, 2.05) is 24.3 Å². The summed E-state index contributed by atoms with van der Waals surface area (Å²) in [6.07, 6.45) is 1.74. The van der Waals surface area contributed by atoms with E-state index in [4.69, 9.17) is 10.5 Å². The Morgan fingerprint density at radius 3 is 2.92 bits per heavy atom. The van der Waals surface area contributed by atoms with Crippen LogP contribution in [0.4, 0.5) is 5.69 Å². The average Bonchev–Trinajstić information content (AvgIpc) is 2.19. The van der Waals surface area contributed by atoms with Gasteiger partial charge in [0.15, 0.2) is 0 Å². The lowest BCUT2D eigenvalue weighted by molar-refractivity contribution is 0.417. The normalized spacial score (nSPS) is 10.2. The molecule has 0 amide bonds. The lowest BCUT2D eigenvalue weighted by atomic mass is 10.2. The van der Waals surface area contributed by atoms with Crippen molar-refractivity contribution >= 4 is 16.6 Å². The molecule has 2 rings (SSSR count). The van der Waals surface area contributed by atoms with Gasteiger partial charge in [0.25, 0.3) is 0 Å². The van der Waals surface area contributed by atoms with Gasteiger partial charge in [0.05, 0.1) is 18.3 Å². The summed E-state index contributed by atoms with van der Waals surface area (Å²) in [5, 5.41) is 0.932. The molecule has 0 aliphatic rings. The minimum Gasteiger partial charge on any atom is -0.495 e. The molecule has 0 atom stereocenters. The molecule has 0 fully saturated rings. The Hall–Kier alpha value is -1.77. The molecule has 0 saturated heterocycles. The third-order valence-electron chi connectivity index (χ3n) is 2.01. The van der Waals surface area contributed by atoms with E-state index in [1.165, 1.54) is 0 Å². The number of hydrogen-bond acceptors (Lipinski definition) is 3. The quantitative estimate of drug-likeness (QED) is 0.671. The second-order valence-corrected chi connectivity index (χ2v) is 2.75. The maximum Gasteiger partial charge on any atom is 0.142 e. The first-order valence-corrected chi connectivity index (χ1v) is 4.00. The van der Waals surface area contributed by atoms with Gasteiger partial charge in [0.2, 0.25) is 0 Å². The van der Waals surface area contributed by atoms with Crippen LogP contribution in [0.1, 0.15) is 0 Å². The number of rotatable bonds is 1. The second kappa shape index (κ2) is 2.94. The molecule has 3 heteroatoms. The largest absolute Gasteiger partial charge is 0.495 e. The molecule has 0 bridgehead atoms. The molecule has 0 spiro atoms. The smallest absolute Gasteiger partial charge is 0.142 e. The van der Waals surface area contributed by atoms with Crippen molar-refractivity contribution in [1.29, 1.82) is 0 Å². The van der Waals surface area contributed by atoms with Gasteiger partial charge in [-0.3, -0.25) is 4.98 Å². The SMILES string of the molecule is COc1ccc2ncccc2c1N. The van der Waals surface area contributed by atoms with Crippen LogP contribution in [-0.4, -0.2) is 12.1 Å². The molecule has 0 unspecified atom stereocenters. The molecule has 13 heavy (non-hydrogen) atoms. The molecule has 0 aliphatic heterocycles. The van der Waals surface area contributed by atoms with Crippen LogP contribution in [0.5, 0.6) is 5.75 Å². The van der Waals surface area contributed by atoms with Crippen molar-refractivity contribution in [2.75, 3.05) is 12.8 Å². The van der Waals surface area contributed by atoms with Crippen LogP contribution in [-0.2, 0) is 0 Å². The predicted octanol–water partition coefficient (Wildman–Crippen LogP) is 1.83. The molecule has 1 aromatic carbocycles. The minimum atomic E-state index is 0.646. The van der Waals surface area contributed by atoms with Gasteiger partial charge >= 0.3 is 0 Å². The first kappa shape index (κ1) is 7.86. The zero-order chi connectivity index (χ0) is 9.26. The zero-order valence-corrected chi connectivity index (χ0v) is 7.32. The van der Waals surface area contributed by atoms with Crippen molar-refractivity contribution in [2.45, 2.75) is 0 Å². The molecular weight excluding hydrogens is 164 g/mol. The molecule has 2 aromatic rings. The van der Waals surface area contributed by atoms with Crippen LogP contribution >= 0.6 is 0 Å². The third-order valence-corrected chi connectivity index (χ3v) is 2.01. The van der Waals surface area contributed by atoms with E-state index in [-0.39, 0.29) is 0 Å². The molecule has 2 N–H and O–H groups in total. The third kappa shape index (κ3) is 1.18. The number of aromatic nitrogens is 1. The average molecular weight is 174 g/mol. The Morgan fingerprint density at radius 1 is 1.31 bits per heavy atom. The number of fused-ring (bicyclic) bond motifs is 1. The lowest BCUT2D eigenvalue weighted by Gasteiger charge is -2.06. The van der Waals surface area contributed by atoms with Crippen LogP contribution in [0.3, 0.4) is 0 Å². The first-order chi connectivity index (χ1) is 6.33. The Labute approximate surface area is 76.2 Å². The minimum absolute atomic E-state index is 0.646. The molecule has 0 saturated carbocycles. The molecule has 1 heterocycles. The topological polar surface area (TPSA) is 48.1 Å². The van der Waals surface area contributed by atoms with Gasteiger partial charge in [-0.1, -0.05) is 0 Å². The summed E-state index contributed by atoms with van der Waals surface area (Å²) in [5.41, 5.74) is 7.40. The summed E-state index contributed by atoms with van der Waals surface area (Å²) in [6.45, 7) is 0. The van der Waals surface area contributed by atoms with Crippen molar-refractivity contribution in [3.63, 3.8) is 0 Å². The van der Waals surface area contributed by atoms with Crippen LogP contribution in [0.15, 0.2) is 30.5 Å². The monoisotopic (exact) mass is 174 g/mol. The highest BCUT2D eigenvalue weighted by molar-refractivity contribution is 5.93. The highest BCUT2D eigenvalue weighted by atomic mass is 16.5. The number of hydrogen-bond donors (Lipinski definition) is 1. The highest BCUT2D eigenvalue weighted by Crippen LogP contribution is 2.28. The summed E-state index contributed by atoms with van der Waals surface area (Å²) in [6, 6.07) is 7.51. The maximum absolute atomic E-state index is 5.86. The fourth-order valence-electron chi connectivity index (χ4n) is 1.33. The van der Waals surface area contributed by atoms with Crippen LogP contribution in [0.2, 0.25) is 0 Å². The number of pyridine rings is 1. The summed E-state index contributed by atoms with van der Waals surface area (Å²) in [4.78, 5) is 4.18. The number of nitrogens with two attached hydrogens (primary N) is 1. The number of benzene rings is 1. The number of anilines is 1. The predicted molar refractivity (Wildman–Crippen MR) is 52.7 cm³/mol. The summed E-state index contributed by atoms with van der Waals surface area (Å²) in [5.74, 6) is 0.695. The fourth-order valence-corrected chi connectivity index (χ4v) is 1.33. The van der Waals surface area contributed by atoms with Gasteiger partial charge in [-0.15, -0.1) is 0 Å². The summed E-state index contributed by atoms with van der Waals surface area (Å²) < 4.78 is 5.10. The zero-order valence-electron chi connectivity index (χ0n) is 7.32. The van der Waals surface area contributed by atoms with Crippen molar-refractivity contribution in [1.82, 2.24) is 4.98 Å². The summed E-state index contributed by atoms with van der Waals surface area (Å²) in [7, 11) is 1.61. The van der Waals surface area contributed by atoms with E-state index >= 15 is 0 Å². The van der Waals surface area contributed by atoms with Crippen molar-refractivity contribution in [3.05, 3.63) is 30.5 Å². The Kier molecular flexibility index (Phi) is 1.77. The van der Waals surface area contributed by atoms with Crippen molar-refractivity contribution in [2.24, 2.45) is 0 Å². The van der Waals surface area contributed by atoms with E-state index in [1.54, 1.807) is 13.3 Å². The number of nitrogens with zero attached hydrogens (tertiary/aromatic N) is 1. The summed E-state index contributed by atoms with van der Waals surface area (Å²) >= 11 is 0. The Morgan fingerprint density at radius 2 is 2.15 bits per heavy atom. The fraction of sp³-hybridized carbons (Fsp3) is 0.100. The molecule has 0 radical (unpaired) electrons. The first-order valence-electron chi connectivity index (χ1n) is 4.00. The number of nitrogen functional groups attached to an aromatic ring is 1. The second-order valence-electron chi connectivity index (χ2n) is 2.75. The van der Waals surface area contributed by atoms with Crippen molar-refractivity contribution < 1.29 is 4.74 Å². The van der Waals surface area contributed by atoms with Gasteiger partial charge in [0, 0.05) is 11.6 Å². The molecule has 66 valence electrons. The van der Waals surface area contributed by atoms with E-state index in [9.17, 15) is 0 Å². The van der Waals surface area contributed by atoms with E-state index in [0.717, 1.165) is 10.9 Å². The lowest BCUT2D eigenvalue weighted by Crippen LogP contribution is -1.93. The van der Waals surface area contributed by atoms with Crippen LogP contribution in [0, 0.1) is 0 Å². The van der Waals surface area contributed by atoms with Crippen LogP contribution < -0.4 is 10.5 Å². The van der Waals surface area contributed by atoms with E-state index in [0.29, 0.717) is 11.4 Å². The Balaban J connectivity index is 2.79. The van der Waals surface area contributed by atoms with Crippen molar-refractivity contribution in [3.8, 4) is 5.75 Å². The molecule has 1 aromatic heterocycles. The van der Waals surface area contributed by atoms with Gasteiger partial charge in [-0.25, -0.2) is 0 Å². The Bertz CT molecular complexity index is 440. The molecular formula is C10H10N2O. The van der Waals surface area contributed by atoms with Gasteiger partial charge in [-0.05, 0) is 24.3 Å². The standard InChI is InChI=1S/C10H10N2O/c1-13-9-5-4-8-7(10(9)11)3-2-6-12-8/h2-6H,11H2,1H3. The van der Waals surface area contributed by atoms with Crippen LogP contribution in [0.25, 0.3) is 10.9 Å².